The Hall–Kier alpha value is -0.650. The van der Waals surface area contributed by atoms with Crippen molar-refractivity contribution < 1.29 is 14.6 Å². The van der Waals surface area contributed by atoms with E-state index in [1.807, 2.05) is 0 Å². The Bertz CT molecular complexity index is 296. The van der Waals surface area contributed by atoms with Crippen LogP contribution in [0.4, 0.5) is 0 Å². The average molecular weight is 256 g/mol. The number of likely N-dealkylation sites (tertiary alicyclic amines) is 1. The molecule has 0 bridgehead atoms. The molecule has 3 unspecified atom stereocenters. The van der Waals surface area contributed by atoms with Gasteiger partial charge in [-0.1, -0.05) is 0 Å². The molecule has 1 N–H and O–H groups in total. The van der Waals surface area contributed by atoms with Crippen LogP contribution in [-0.4, -0.2) is 72.9 Å². The maximum Gasteiger partial charge on any atom is 0.332 e. The molecule has 0 aromatic carbocycles. The lowest BCUT2D eigenvalue weighted by Gasteiger charge is -2.29. The SMILES string of the molecule is CN(C)CC1CCCN1CC1CCC(C(=O)O)O1. The molecule has 0 saturated carbocycles. The van der Waals surface area contributed by atoms with Crippen LogP contribution in [0.15, 0.2) is 0 Å². The van der Waals surface area contributed by atoms with Gasteiger partial charge in [-0.2, -0.15) is 0 Å². The fourth-order valence-corrected chi connectivity index (χ4v) is 3.05. The molecule has 0 amide bonds. The molecule has 3 atom stereocenters. The van der Waals surface area contributed by atoms with Crippen LogP contribution < -0.4 is 0 Å². The summed E-state index contributed by atoms with van der Waals surface area (Å²) in [5.74, 6) is -0.816. The molecule has 2 rings (SSSR count). The van der Waals surface area contributed by atoms with E-state index in [1.54, 1.807) is 0 Å². The van der Waals surface area contributed by atoms with E-state index in [9.17, 15) is 4.79 Å². The Morgan fingerprint density at radius 2 is 2.17 bits per heavy atom. The van der Waals surface area contributed by atoms with E-state index < -0.39 is 12.1 Å². The first-order valence-electron chi connectivity index (χ1n) is 6.83. The van der Waals surface area contributed by atoms with Crippen molar-refractivity contribution in [3.8, 4) is 0 Å². The van der Waals surface area contributed by atoms with Crippen LogP contribution in [0.25, 0.3) is 0 Å². The summed E-state index contributed by atoms with van der Waals surface area (Å²) in [6, 6.07) is 0.604. The molecule has 2 fully saturated rings. The highest BCUT2D eigenvalue weighted by atomic mass is 16.5. The highest BCUT2D eigenvalue weighted by Gasteiger charge is 2.34. The van der Waals surface area contributed by atoms with Crippen LogP contribution in [0.5, 0.6) is 0 Å². The molecule has 0 radical (unpaired) electrons. The number of rotatable bonds is 5. The summed E-state index contributed by atoms with van der Waals surface area (Å²) in [5.41, 5.74) is 0. The minimum Gasteiger partial charge on any atom is -0.479 e. The number of hydrogen-bond donors (Lipinski definition) is 1. The van der Waals surface area contributed by atoms with Crippen LogP contribution in [0, 0.1) is 0 Å². The van der Waals surface area contributed by atoms with E-state index in [1.165, 1.54) is 12.8 Å². The van der Waals surface area contributed by atoms with Gasteiger partial charge in [0.1, 0.15) is 0 Å². The van der Waals surface area contributed by atoms with Gasteiger partial charge < -0.3 is 14.7 Å². The summed E-state index contributed by atoms with van der Waals surface area (Å²) in [7, 11) is 4.20. The number of hydrogen-bond acceptors (Lipinski definition) is 4. The maximum atomic E-state index is 10.8. The third-order valence-electron chi connectivity index (χ3n) is 3.90. The maximum absolute atomic E-state index is 10.8. The number of carboxylic acids is 1. The first-order chi connectivity index (χ1) is 8.56. The van der Waals surface area contributed by atoms with Crippen molar-refractivity contribution in [1.29, 1.82) is 0 Å². The molecule has 0 aromatic rings. The Morgan fingerprint density at radius 3 is 2.78 bits per heavy atom. The summed E-state index contributed by atoms with van der Waals surface area (Å²) in [4.78, 5) is 15.5. The third kappa shape index (κ3) is 3.43. The summed E-state index contributed by atoms with van der Waals surface area (Å²) in [6.45, 7) is 3.09. The lowest BCUT2D eigenvalue weighted by molar-refractivity contribution is -0.149. The van der Waals surface area contributed by atoms with Crippen molar-refractivity contribution in [3.05, 3.63) is 0 Å². The topological polar surface area (TPSA) is 53.0 Å². The number of carbonyl (C=O) groups is 1. The normalized spacial score (nSPS) is 33.4. The second-order valence-electron chi connectivity index (χ2n) is 5.72. The zero-order valence-electron chi connectivity index (χ0n) is 11.3. The molecular formula is C13H24N2O3. The van der Waals surface area contributed by atoms with Gasteiger partial charge in [-0.25, -0.2) is 4.79 Å². The molecule has 5 heteroatoms. The molecule has 2 heterocycles. The number of ether oxygens (including phenoxy) is 1. The van der Waals surface area contributed by atoms with Crippen molar-refractivity contribution in [2.24, 2.45) is 0 Å². The first-order valence-corrected chi connectivity index (χ1v) is 6.83. The molecule has 0 aliphatic carbocycles. The summed E-state index contributed by atoms with van der Waals surface area (Å²) in [5, 5.41) is 8.92. The standard InChI is InChI=1S/C13H24N2O3/c1-14(2)8-10-4-3-7-15(10)9-11-5-6-12(18-11)13(16)17/h10-12H,3-9H2,1-2H3,(H,16,17). The predicted molar refractivity (Wildman–Crippen MR) is 68.7 cm³/mol. The zero-order chi connectivity index (χ0) is 13.1. The van der Waals surface area contributed by atoms with Gasteiger partial charge in [0.25, 0.3) is 0 Å². The van der Waals surface area contributed by atoms with Crippen molar-refractivity contribution >= 4 is 5.97 Å². The van der Waals surface area contributed by atoms with Gasteiger partial charge in [-0.15, -0.1) is 0 Å². The Labute approximate surface area is 109 Å². The van der Waals surface area contributed by atoms with Crippen LogP contribution in [0.1, 0.15) is 25.7 Å². The average Bonchev–Trinajstić information content (AvgIpc) is 2.89. The number of likely N-dealkylation sites (N-methyl/N-ethyl adjacent to an activating group) is 1. The van der Waals surface area contributed by atoms with Crippen molar-refractivity contribution in [3.63, 3.8) is 0 Å². The highest BCUT2D eigenvalue weighted by molar-refractivity contribution is 5.72. The van der Waals surface area contributed by atoms with Gasteiger partial charge in [0.05, 0.1) is 6.10 Å². The van der Waals surface area contributed by atoms with Gasteiger partial charge in [0.2, 0.25) is 0 Å². The molecule has 2 saturated heterocycles. The number of aliphatic carboxylic acids is 1. The van der Waals surface area contributed by atoms with Crippen LogP contribution in [-0.2, 0) is 9.53 Å². The minimum atomic E-state index is -0.816. The van der Waals surface area contributed by atoms with E-state index in [0.29, 0.717) is 12.5 Å². The Morgan fingerprint density at radius 1 is 1.39 bits per heavy atom. The third-order valence-corrected chi connectivity index (χ3v) is 3.90. The van der Waals surface area contributed by atoms with Crippen LogP contribution >= 0.6 is 0 Å². The van der Waals surface area contributed by atoms with Gasteiger partial charge in [0, 0.05) is 19.1 Å². The van der Waals surface area contributed by atoms with E-state index in [4.69, 9.17) is 9.84 Å². The monoisotopic (exact) mass is 256 g/mol. The van der Waals surface area contributed by atoms with Gasteiger partial charge in [0.15, 0.2) is 6.10 Å². The quantitative estimate of drug-likeness (QED) is 0.782. The number of nitrogens with zero attached hydrogens (tertiary/aromatic N) is 2. The molecule has 18 heavy (non-hydrogen) atoms. The van der Waals surface area contributed by atoms with E-state index >= 15 is 0 Å². The van der Waals surface area contributed by atoms with Crippen molar-refractivity contribution in [1.82, 2.24) is 9.80 Å². The van der Waals surface area contributed by atoms with Gasteiger partial charge >= 0.3 is 5.97 Å². The molecule has 0 aromatic heterocycles. The van der Waals surface area contributed by atoms with Crippen molar-refractivity contribution in [2.45, 2.75) is 43.9 Å². The second-order valence-corrected chi connectivity index (χ2v) is 5.72. The summed E-state index contributed by atoms with van der Waals surface area (Å²) in [6.07, 6.45) is 3.55. The lowest BCUT2D eigenvalue weighted by atomic mass is 10.1. The molecule has 104 valence electrons. The first kappa shape index (κ1) is 13.8. The molecule has 2 aliphatic rings. The van der Waals surface area contributed by atoms with Gasteiger partial charge in [-0.05, 0) is 46.3 Å². The largest absolute Gasteiger partial charge is 0.479 e. The lowest BCUT2D eigenvalue weighted by Crippen LogP contribution is -2.41. The smallest absolute Gasteiger partial charge is 0.332 e. The van der Waals surface area contributed by atoms with E-state index in [2.05, 4.69) is 23.9 Å². The molecular weight excluding hydrogens is 232 g/mol. The molecule has 5 nitrogen and oxygen atoms in total. The highest BCUT2D eigenvalue weighted by Crippen LogP contribution is 2.24. The van der Waals surface area contributed by atoms with Gasteiger partial charge in [-0.3, -0.25) is 4.90 Å². The second kappa shape index (κ2) is 5.99. The van der Waals surface area contributed by atoms with Crippen molar-refractivity contribution in [2.75, 3.05) is 33.7 Å². The predicted octanol–water partition coefficient (Wildman–Crippen LogP) is 0.645. The molecule has 0 spiro atoms. The fourth-order valence-electron chi connectivity index (χ4n) is 3.05. The number of carboxylic acid groups (broad SMARTS) is 1. The van der Waals surface area contributed by atoms with Crippen LogP contribution in [0.3, 0.4) is 0 Å². The van der Waals surface area contributed by atoms with E-state index in [0.717, 1.165) is 26.1 Å². The molecule has 2 aliphatic heterocycles. The Kier molecular flexibility index (Phi) is 4.59. The fraction of sp³-hybridized carbons (Fsp3) is 0.923. The minimum absolute atomic E-state index is 0.105. The Balaban J connectivity index is 1.80. The van der Waals surface area contributed by atoms with Crippen LogP contribution in [0.2, 0.25) is 0 Å². The zero-order valence-corrected chi connectivity index (χ0v) is 11.3. The summed E-state index contributed by atoms with van der Waals surface area (Å²) >= 11 is 0. The summed E-state index contributed by atoms with van der Waals surface area (Å²) < 4.78 is 5.58. The van der Waals surface area contributed by atoms with E-state index in [-0.39, 0.29) is 6.10 Å².